The number of rotatable bonds is 2. The molecule has 0 aromatic carbocycles. The van der Waals surface area contributed by atoms with Crippen molar-refractivity contribution in [3.8, 4) is 0 Å². The first kappa shape index (κ1) is 12.1. The topological polar surface area (TPSA) is 69.6 Å². The summed E-state index contributed by atoms with van der Waals surface area (Å²) in [5, 5.41) is 12.1. The Labute approximate surface area is 102 Å². The van der Waals surface area contributed by atoms with E-state index in [1.165, 1.54) is 16.7 Å². The molecular weight excluding hydrogens is 248 g/mol. The van der Waals surface area contributed by atoms with Crippen LogP contribution in [0.3, 0.4) is 0 Å². The molecule has 0 aromatic rings. The minimum absolute atomic E-state index is 0.0652. The highest BCUT2D eigenvalue weighted by Crippen LogP contribution is 2.23. The average Bonchev–Trinajstić information content (AvgIpc) is 2.78. The summed E-state index contributed by atoms with van der Waals surface area (Å²) in [6.07, 6.45) is 0. The van der Waals surface area contributed by atoms with Crippen molar-refractivity contribution in [2.45, 2.75) is 12.1 Å². The van der Waals surface area contributed by atoms with Gasteiger partial charge in [-0.25, -0.2) is 4.79 Å². The molecule has 2 heterocycles. The molecule has 16 heavy (non-hydrogen) atoms. The second kappa shape index (κ2) is 5.29. The third-order valence-electron chi connectivity index (χ3n) is 2.67. The van der Waals surface area contributed by atoms with Gasteiger partial charge >= 0.3 is 5.97 Å². The summed E-state index contributed by atoms with van der Waals surface area (Å²) in [4.78, 5) is 24.5. The van der Waals surface area contributed by atoms with Gasteiger partial charge in [-0.05, 0) is 0 Å². The van der Waals surface area contributed by atoms with Gasteiger partial charge in [0.25, 0.3) is 0 Å². The van der Waals surface area contributed by atoms with E-state index in [0.717, 1.165) is 18.1 Å². The Kier molecular flexibility index (Phi) is 3.99. The maximum Gasteiger partial charge on any atom is 0.327 e. The fraction of sp³-hybridized carbons (Fsp3) is 0.778. The first-order valence-corrected chi connectivity index (χ1v) is 7.43. The Morgan fingerprint density at radius 2 is 2.12 bits per heavy atom. The normalized spacial score (nSPS) is 30.4. The van der Waals surface area contributed by atoms with Crippen molar-refractivity contribution in [2.75, 3.05) is 29.7 Å². The molecule has 2 aliphatic heterocycles. The van der Waals surface area contributed by atoms with Crippen LogP contribution < -0.4 is 5.32 Å². The summed E-state index contributed by atoms with van der Waals surface area (Å²) >= 11 is 3.24. The van der Waals surface area contributed by atoms with Crippen LogP contribution in [0.15, 0.2) is 0 Å². The number of carboxylic acid groups (broad SMARTS) is 1. The van der Waals surface area contributed by atoms with Gasteiger partial charge in [0.05, 0.1) is 11.9 Å². The van der Waals surface area contributed by atoms with E-state index in [0.29, 0.717) is 11.6 Å². The highest BCUT2D eigenvalue weighted by Gasteiger charge is 2.37. The molecule has 2 aliphatic rings. The van der Waals surface area contributed by atoms with E-state index < -0.39 is 12.0 Å². The van der Waals surface area contributed by atoms with Crippen molar-refractivity contribution < 1.29 is 14.7 Å². The fourth-order valence-corrected chi connectivity index (χ4v) is 3.87. The molecule has 1 unspecified atom stereocenters. The van der Waals surface area contributed by atoms with Crippen LogP contribution in [0.1, 0.15) is 0 Å². The Hall–Kier alpha value is -0.400. The third kappa shape index (κ3) is 2.46. The zero-order valence-corrected chi connectivity index (χ0v) is 10.4. The zero-order chi connectivity index (χ0) is 11.5. The van der Waals surface area contributed by atoms with Crippen molar-refractivity contribution in [3.05, 3.63) is 0 Å². The van der Waals surface area contributed by atoms with E-state index in [2.05, 4.69) is 5.32 Å². The number of nitrogens with zero attached hydrogens (tertiary/aromatic N) is 1. The van der Waals surface area contributed by atoms with E-state index in [-0.39, 0.29) is 11.9 Å². The molecule has 1 amide bonds. The van der Waals surface area contributed by atoms with Crippen molar-refractivity contribution in [1.82, 2.24) is 10.2 Å². The average molecular weight is 262 g/mol. The number of carboxylic acids is 1. The lowest BCUT2D eigenvalue weighted by molar-refractivity contribution is -0.148. The van der Waals surface area contributed by atoms with E-state index >= 15 is 0 Å². The first-order valence-electron chi connectivity index (χ1n) is 5.12. The summed E-state index contributed by atoms with van der Waals surface area (Å²) in [7, 11) is 0. The van der Waals surface area contributed by atoms with Gasteiger partial charge in [-0.15, -0.1) is 11.8 Å². The molecule has 2 fully saturated rings. The van der Waals surface area contributed by atoms with Gasteiger partial charge in [-0.2, -0.15) is 11.8 Å². The van der Waals surface area contributed by atoms with Crippen molar-refractivity contribution in [3.63, 3.8) is 0 Å². The number of thioether (sulfide) groups is 2. The van der Waals surface area contributed by atoms with Gasteiger partial charge in [-0.3, -0.25) is 4.79 Å². The Bertz CT molecular complexity index is 294. The summed E-state index contributed by atoms with van der Waals surface area (Å²) in [5.41, 5.74) is 0. The molecule has 90 valence electrons. The third-order valence-corrected chi connectivity index (χ3v) is 4.74. The second-order valence-corrected chi connectivity index (χ2v) is 5.89. The van der Waals surface area contributed by atoms with Crippen LogP contribution in [0.5, 0.6) is 0 Å². The molecule has 0 radical (unpaired) electrons. The fourth-order valence-electron chi connectivity index (χ4n) is 1.79. The van der Waals surface area contributed by atoms with Gasteiger partial charge in [0.1, 0.15) is 6.04 Å². The number of aliphatic carboxylic acids is 1. The van der Waals surface area contributed by atoms with Crippen LogP contribution in [0.25, 0.3) is 0 Å². The second-order valence-electron chi connectivity index (χ2n) is 3.74. The zero-order valence-electron chi connectivity index (χ0n) is 8.72. The summed E-state index contributed by atoms with van der Waals surface area (Å²) in [5.74, 6) is 1.79. The molecule has 7 heteroatoms. The van der Waals surface area contributed by atoms with Crippen LogP contribution in [-0.4, -0.2) is 63.6 Å². The van der Waals surface area contributed by atoms with Gasteiger partial charge in [0.15, 0.2) is 0 Å². The smallest absolute Gasteiger partial charge is 0.327 e. The van der Waals surface area contributed by atoms with Crippen LogP contribution in [-0.2, 0) is 9.59 Å². The molecule has 0 spiro atoms. The van der Waals surface area contributed by atoms with Crippen molar-refractivity contribution in [1.29, 1.82) is 0 Å². The van der Waals surface area contributed by atoms with Gasteiger partial charge in [0.2, 0.25) is 5.91 Å². The first-order chi connectivity index (χ1) is 7.70. The van der Waals surface area contributed by atoms with E-state index in [4.69, 9.17) is 5.11 Å². The SMILES string of the molecule is O=C(O)[C@@H]1CSCN1C(=O)C1CSCCN1. The summed E-state index contributed by atoms with van der Waals surface area (Å²) in [6.45, 7) is 0.819. The Morgan fingerprint density at radius 3 is 2.75 bits per heavy atom. The molecule has 0 aromatic heterocycles. The molecule has 2 rings (SSSR count). The van der Waals surface area contributed by atoms with E-state index in [1.54, 1.807) is 11.8 Å². The van der Waals surface area contributed by atoms with Crippen LogP contribution in [0.4, 0.5) is 0 Å². The van der Waals surface area contributed by atoms with E-state index in [1.807, 2.05) is 0 Å². The predicted octanol–water partition coefficient (Wildman–Crippen LogP) is -0.323. The highest BCUT2D eigenvalue weighted by atomic mass is 32.2. The number of amides is 1. The Morgan fingerprint density at radius 1 is 1.31 bits per heavy atom. The molecule has 2 N–H and O–H groups in total. The molecule has 0 bridgehead atoms. The lowest BCUT2D eigenvalue weighted by atomic mass is 10.2. The minimum Gasteiger partial charge on any atom is -0.480 e. The number of carbonyl (C=O) groups is 2. The monoisotopic (exact) mass is 262 g/mol. The van der Waals surface area contributed by atoms with Crippen LogP contribution in [0, 0.1) is 0 Å². The number of hydrogen-bond donors (Lipinski definition) is 2. The minimum atomic E-state index is -0.901. The van der Waals surface area contributed by atoms with Gasteiger partial charge in [0, 0.05) is 23.8 Å². The largest absolute Gasteiger partial charge is 0.480 e. The van der Waals surface area contributed by atoms with Crippen molar-refractivity contribution in [2.24, 2.45) is 0 Å². The number of nitrogens with one attached hydrogen (secondary N) is 1. The molecular formula is C9H14N2O3S2. The molecule has 5 nitrogen and oxygen atoms in total. The number of carbonyl (C=O) groups excluding carboxylic acids is 1. The van der Waals surface area contributed by atoms with Crippen LogP contribution >= 0.6 is 23.5 Å². The van der Waals surface area contributed by atoms with Crippen LogP contribution in [0.2, 0.25) is 0 Å². The molecule has 2 saturated heterocycles. The molecule has 2 atom stereocenters. The molecule has 0 saturated carbocycles. The highest BCUT2D eigenvalue weighted by molar-refractivity contribution is 7.99. The summed E-state index contributed by atoms with van der Waals surface area (Å²) in [6, 6.07) is -0.856. The maximum absolute atomic E-state index is 12.1. The van der Waals surface area contributed by atoms with Crippen molar-refractivity contribution >= 4 is 35.4 Å². The van der Waals surface area contributed by atoms with E-state index in [9.17, 15) is 9.59 Å². The number of hydrogen-bond acceptors (Lipinski definition) is 5. The summed E-state index contributed by atoms with van der Waals surface area (Å²) < 4.78 is 0. The van der Waals surface area contributed by atoms with Gasteiger partial charge in [-0.1, -0.05) is 0 Å². The maximum atomic E-state index is 12.1. The van der Waals surface area contributed by atoms with Gasteiger partial charge < -0.3 is 15.3 Å². The Balaban J connectivity index is 1.99. The standard InChI is InChI=1S/C9H14N2O3S2/c12-8(6-3-15-2-1-10-6)11-5-16-4-7(11)9(13)14/h6-7,10H,1-5H2,(H,13,14)/t6?,7-/m0/s1. The lowest BCUT2D eigenvalue weighted by Gasteiger charge is -2.28. The quantitative estimate of drug-likeness (QED) is 0.711. The molecule has 0 aliphatic carbocycles. The predicted molar refractivity (Wildman–Crippen MR) is 64.7 cm³/mol. The lowest BCUT2D eigenvalue weighted by Crippen LogP contribution is -2.53.